The first kappa shape index (κ1) is 17.3. The number of anilines is 1. The molecule has 1 aromatic carbocycles. The Morgan fingerprint density at radius 2 is 1.74 bits per heavy atom. The summed E-state index contributed by atoms with van der Waals surface area (Å²) in [5.41, 5.74) is 1.28. The SMILES string of the molecule is COc1ccc([C@H]2c3c(n(C)c(=O)n(C)c3=O)NC3=CCCC(=O)[C@@H]32)cc1. The van der Waals surface area contributed by atoms with Crippen LogP contribution in [0.4, 0.5) is 5.82 Å². The zero-order chi connectivity index (χ0) is 19.3. The minimum Gasteiger partial charge on any atom is -0.497 e. The number of nitrogens with one attached hydrogen (secondary N) is 1. The summed E-state index contributed by atoms with van der Waals surface area (Å²) in [5, 5.41) is 3.19. The number of ketones is 1. The monoisotopic (exact) mass is 367 g/mol. The second kappa shape index (κ2) is 6.26. The topological polar surface area (TPSA) is 82.3 Å². The van der Waals surface area contributed by atoms with Crippen LogP contribution in [-0.4, -0.2) is 22.0 Å². The standard InChI is InChI=1S/C20H21N3O4/c1-22-18-17(19(25)23(2)20(22)26)15(11-7-9-12(27-3)10-8-11)16-13(21-18)5-4-6-14(16)24/h5,7-10,15-16,21H,4,6H2,1-3H3/t15-,16-/m1/s1. The number of ether oxygens (including phenoxy) is 1. The molecule has 7 nitrogen and oxygen atoms in total. The summed E-state index contributed by atoms with van der Waals surface area (Å²) >= 11 is 0. The van der Waals surface area contributed by atoms with Crippen LogP contribution in [0.3, 0.4) is 0 Å². The molecule has 0 saturated heterocycles. The summed E-state index contributed by atoms with van der Waals surface area (Å²) in [7, 11) is 4.68. The van der Waals surface area contributed by atoms with Crippen molar-refractivity contribution >= 4 is 11.6 Å². The molecule has 0 saturated carbocycles. The number of hydrogen-bond donors (Lipinski definition) is 1. The van der Waals surface area contributed by atoms with Crippen LogP contribution in [0.1, 0.15) is 29.9 Å². The average Bonchev–Trinajstić information content (AvgIpc) is 2.69. The first-order valence-corrected chi connectivity index (χ1v) is 8.87. The third-order valence-corrected chi connectivity index (χ3v) is 5.52. The molecule has 2 aliphatic rings. The van der Waals surface area contributed by atoms with Crippen molar-refractivity contribution < 1.29 is 9.53 Å². The molecule has 0 radical (unpaired) electrons. The van der Waals surface area contributed by atoms with Crippen LogP contribution in [0.15, 0.2) is 45.6 Å². The second-order valence-electron chi connectivity index (χ2n) is 6.99. The molecule has 1 aromatic heterocycles. The van der Waals surface area contributed by atoms with E-state index in [0.29, 0.717) is 30.0 Å². The van der Waals surface area contributed by atoms with Gasteiger partial charge in [-0.1, -0.05) is 18.2 Å². The number of carbonyl (C=O) groups excluding carboxylic acids is 1. The van der Waals surface area contributed by atoms with Crippen LogP contribution in [0.5, 0.6) is 5.75 Å². The summed E-state index contributed by atoms with van der Waals surface area (Å²) in [6, 6.07) is 7.39. The smallest absolute Gasteiger partial charge is 0.332 e. The molecule has 7 heteroatoms. The molecule has 1 aliphatic carbocycles. The van der Waals surface area contributed by atoms with E-state index in [9.17, 15) is 14.4 Å². The molecule has 0 spiro atoms. The Kier molecular flexibility index (Phi) is 4.02. The van der Waals surface area contributed by atoms with Crippen molar-refractivity contribution in [3.8, 4) is 5.75 Å². The highest BCUT2D eigenvalue weighted by molar-refractivity contribution is 5.89. The maximum absolute atomic E-state index is 13.0. The normalized spacial score (nSPS) is 21.0. The van der Waals surface area contributed by atoms with E-state index in [-0.39, 0.29) is 11.3 Å². The second-order valence-corrected chi connectivity index (χ2v) is 6.99. The average molecular weight is 367 g/mol. The van der Waals surface area contributed by atoms with Crippen molar-refractivity contribution in [2.45, 2.75) is 18.8 Å². The molecule has 140 valence electrons. The minimum atomic E-state index is -0.454. The molecule has 27 heavy (non-hydrogen) atoms. The van der Waals surface area contributed by atoms with Gasteiger partial charge in [0, 0.05) is 32.1 Å². The highest BCUT2D eigenvalue weighted by Gasteiger charge is 2.42. The van der Waals surface area contributed by atoms with Crippen LogP contribution in [0, 0.1) is 5.92 Å². The lowest BCUT2D eigenvalue weighted by Gasteiger charge is -2.38. The number of methoxy groups -OCH3 is 1. The first-order valence-electron chi connectivity index (χ1n) is 8.87. The van der Waals surface area contributed by atoms with Crippen molar-refractivity contribution in [2.24, 2.45) is 20.0 Å². The summed E-state index contributed by atoms with van der Waals surface area (Å²) in [6.45, 7) is 0. The molecule has 2 aromatic rings. The third-order valence-electron chi connectivity index (χ3n) is 5.52. The Balaban J connectivity index is 2.03. The Bertz CT molecular complexity index is 1080. The predicted octanol–water partition coefficient (Wildman–Crippen LogP) is 1.51. The number of allylic oxidation sites excluding steroid dienone is 2. The highest BCUT2D eigenvalue weighted by Crippen LogP contribution is 2.44. The van der Waals surface area contributed by atoms with Crippen molar-refractivity contribution in [3.63, 3.8) is 0 Å². The van der Waals surface area contributed by atoms with Gasteiger partial charge in [0.25, 0.3) is 5.56 Å². The zero-order valence-corrected chi connectivity index (χ0v) is 15.5. The summed E-state index contributed by atoms with van der Waals surface area (Å²) in [5.74, 6) is 0.358. The van der Waals surface area contributed by atoms with Crippen molar-refractivity contribution in [3.05, 3.63) is 68.0 Å². The molecule has 0 amide bonds. The molecule has 0 fully saturated rings. The molecule has 1 aliphatic heterocycles. The van der Waals surface area contributed by atoms with Crippen LogP contribution >= 0.6 is 0 Å². The molecule has 4 rings (SSSR count). The van der Waals surface area contributed by atoms with Gasteiger partial charge >= 0.3 is 5.69 Å². The summed E-state index contributed by atoms with van der Waals surface area (Å²) < 4.78 is 7.76. The van der Waals surface area contributed by atoms with E-state index in [2.05, 4.69) is 5.32 Å². The van der Waals surface area contributed by atoms with Gasteiger partial charge in [-0.2, -0.15) is 0 Å². The van der Waals surface area contributed by atoms with Crippen LogP contribution in [0.2, 0.25) is 0 Å². The van der Waals surface area contributed by atoms with E-state index in [1.54, 1.807) is 14.2 Å². The van der Waals surface area contributed by atoms with Crippen molar-refractivity contribution in [1.82, 2.24) is 9.13 Å². The molecule has 0 unspecified atom stereocenters. The lowest BCUT2D eigenvalue weighted by Crippen LogP contribution is -2.46. The summed E-state index contributed by atoms with van der Waals surface area (Å²) in [6.07, 6.45) is 3.10. The van der Waals surface area contributed by atoms with Gasteiger partial charge < -0.3 is 10.1 Å². The van der Waals surface area contributed by atoms with Crippen LogP contribution in [0.25, 0.3) is 0 Å². The number of hydrogen-bond acceptors (Lipinski definition) is 5. The quantitative estimate of drug-likeness (QED) is 0.870. The minimum absolute atomic E-state index is 0.0994. The molecule has 0 bridgehead atoms. The highest BCUT2D eigenvalue weighted by atomic mass is 16.5. The Labute approximate surface area is 155 Å². The van der Waals surface area contributed by atoms with E-state index >= 15 is 0 Å². The Morgan fingerprint density at radius 3 is 2.41 bits per heavy atom. The number of rotatable bonds is 2. The van der Waals surface area contributed by atoms with Gasteiger partial charge in [0.2, 0.25) is 0 Å². The van der Waals surface area contributed by atoms with Gasteiger partial charge in [0.05, 0.1) is 18.6 Å². The van der Waals surface area contributed by atoms with E-state index in [1.807, 2.05) is 30.3 Å². The Morgan fingerprint density at radius 1 is 1.04 bits per heavy atom. The third kappa shape index (κ3) is 2.53. The van der Waals surface area contributed by atoms with Crippen molar-refractivity contribution in [1.29, 1.82) is 0 Å². The number of carbonyl (C=O) groups is 1. The number of benzene rings is 1. The van der Waals surface area contributed by atoms with Gasteiger partial charge in [-0.15, -0.1) is 0 Å². The Hall–Kier alpha value is -3.09. The van der Waals surface area contributed by atoms with E-state index in [1.165, 1.54) is 11.6 Å². The lowest BCUT2D eigenvalue weighted by atomic mass is 9.72. The number of aromatic nitrogens is 2. The number of fused-ring (bicyclic) bond motifs is 2. The zero-order valence-electron chi connectivity index (χ0n) is 15.5. The van der Waals surface area contributed by atoms with Crippen molar-refractivity contribution in [2.75, 3.05) is 12.4 Å². The van der Waals surface area contributed by atoms with Gasteiger partial charge in [-0.05, 0) is 24.1 Å². The van der Waals surface area contributed by atoms with Crippen LogP contribution < -0.4 is 21.3 Å². The number of Topliss-reactive ketones (excluding diaryl/α,β-unsaturated/α-hetero) is 1. The first-order chi connectivity index (χ1) is 12.9. The maximum atomic E-state index is 13.0. The molecular weight excluding hydrogens is 346 g/mol. The maximum Gasteiger partial charge on any atom is 0.332 e. The molecule has 2 heterocycles. The predicted molar refractivity (Wildman–Crippen MR) is 101 cm³/mol. The summed E-state index contributed by atoms with van der Waals surface area (Å²) in [4.78, 5) is 38.2. The van der Waals surface area contributed by atoms with Crippen LogP contribution in [-0.2, 0) is 18.9 Å². The van der Waals surface area contributed by atoms with Gasteiger partial charge in [0.1, 0.15) is 17.4 Å². The fourth-order valence-electron chi connectivity index (χ4n) is 4.10. The van der Waals surface area contributed by atoms with Gasteiger partial charge in [0.15, 0.2) is 0 Å². The van der Waals surface area contributed by atoms with E-state index in [0.717, 1.165) is 15.8 Å². The fraction of sp³-hybridized carbons (Fsp3) is 0.350. The van der Waals surface area contributed by atoms with Gasteiger partial charge in [-0.25, -0.2) is 4.79 Å². The van der Waals surface area contributed by atoms with E-state index < -0.39 is 17.5 Å². The number of nitrogens with zero attached hydrogens (tertiary/aromatic N) is 2. The molecule has 2 atom stereocenters. The van der Waals surface area contributed by atoms with Gasteiger partial charge in [-0.3, -0.25) is 18.7 Å². The molecule has 1 N–H and O–H groups in total. The largest absolute Gasteiger partial charge is 0.497 e. The molecular formula is C20H21N3O4. The lowest BCUT2D eigenvalue weighted by molar-refractivity contribution is -0.122. The van der Waals surface area contributed by atoms with E-state index in [4.69, 9.17) is 4.74 Å². The fourth-order valence-corrected chi connectivity index (χ4v) is 4.10.